The van der Waals surface area contributed by atoms with E-state index in [1.165, 1.54) is 0 Å². The molecule has 20 heavy (non-hydrogen) atoms. The summed E-state index contributed by atoms with van der Waals surface area (Å²) in [6, 6.07) is 12.9. The van der Waals surface area contributed by atoms with E-state index >= 15 is 0 Å². The van der Waals surface area contributed by atoms with Gasteiger partial charge in [0.25, 0.3) is 0 Å². The fourth-order valence-electron chi connectivity index (χ4n) is 1.63. The second-order valence-corrected chi connectivity index (χ2v) is 4.43. The van der Waals surface area contributed by atoms with Gasteiger partial charge in [-0.05, 0) is 36.8 Å². The summed E-state index contributed by atoms with van der Waals surface area (Å²) in [5.41, 5.74) is 4.53. The molecule has 0 aliphatic heterocycles. The highest BCUT2D eigenvalue weighted by Crippen LogP contribution is 2.34. The van der Waals surface area contributed by atoms with Crippen molar-refractivity contribution >= 4 is 23.5 Å². The number of hydrazone groups is 1. The van der Waals surface area contributed by atoms with E-state index in [4.69, 9.17) is 16.3 Å². The van der Waals surface area contributed by atoms with E-state index in [0.29, 0.717) is 12.4 Å². The number of aromatic hydroxyl groups is 1. The minimum absolute atomic E-state index is 0.0540. The first-order chi connectivity index (χ1) is 9.70. The average Bonchev–Trinajstić information content (AvgIpc) is 2.45. The van der Waals surface area contributed by atoms with E-state index in [0.717, 1.165) is 11.3 Å². The monoisotopic (exact) mass is 290 g/mol. The first kappa shape index (κ1) is 14.2. The Bertz CT molecular complexity index is 600. The molecule has 0 bridgehead atoms. The van der Waals surface area contributed by atoms with Crippen LogP contribution in [0, 0.1) is 0 Å². The zero-order chi connectivity index (χ0) is 14.4. The van der Waals surface area contributed by atoms with E-state index in [9.17, 15) is 5.11 Å². The molecule has 2 aromatic carbocycles. The highest BCUT2D eigenvalue weighted by molar-refractivity contribution is 6.32. The predicted molar refractivity (Wildman–Crippen MR) is 81.9 cm³/mol. The van der Waals surface area contributed by atoms with Crippen molar-refractivity contribution in [2.75, 3.05) is 12.0 Å². The SMILES string of the molecule is CCOc1cc(/C=N\Nc2ccccc2)cc(Cl)c1O. The molecular formula is C15H15ClN2O2. The molecule has 0 atom stereocenters. The largest absolute Gasteiger partial charge is 0.503 e. The number of para-hydroxylation sites is 1. The third kappa shape index (κ3) is 3.65. The molecule has 0 saturated carbocycles. The van der Waals surface area contributed by atoms with Crippen molar-refractivity contribution in [1.29, 1.82) is 0 Å². The van der Waals surface area contributed by atoms with Gasteiger partial charge in [0.1, 0.15) is 0 Å². The number of hydrogen-bond donors (Lipinski definition) is 2. The van der Waals surface area contributed by atoms with Crippen molar-refractivity contribution in [1.82, 2.24) is 0 Å². The molecule has 0 aliphatic carbocycles. The standard InChI is InChI=1S/C15H15ClN2O2/c1-2-20-14-9-11(8-13(16)15(14)19)10-17-18-12-6-4-3-5-7-12/h3-10,18-19H,2H2,1H3/b17-10-. The van der Waals surface area contributed by atoms with Crippen molar-refractivity contribution in [3.63, 3.8) is 0 Å². The van der Waals surface area contributed by atoms with Crippen LogP contribution in [0.4, 0.5) is 5.69 Å². The fourth-order valence-corrected chi connectivity index (χ4v) is 1.85. The van der Waals surface area contributed by atoms with Gasteiger partial charge in [0.05, 0.1) is 23.5 Å². The molecule has 2 N–H and O–H groups in total. The number of ether oxygens (including phenoxy) is 1. The van der Waals surface area contributed by atoms with Crippen LogP contribution in [0.5, 0.6) is 11.5 Å². The highest BCUT2D eigenvalue weighted by atomic mass is 35.5. The number of anilines is 1. The van der Waals surface area contributed by atoms with Crippen molar-refractivity contribution in [2.45, 2.75) is 6.92 Å². The van der Waals surface area contributed by atoms with E-state index in [1.807, 2.05) is 37.3 Å². The average molecular weight is 291 g/mol. The number of phenols is 1. The van der Waals surface area contributed by atoms with E-state index in [1.54, 1.807) is 18.3 Å². The Kier molecular flexibility index (Phi) is 4.85. The van der Waals surface area contributed by atoms with Gasteiger partial charge in [-0.1, -0.05) is 29.8 Å². The lowest BCUT2D eigenvalue weighted by Gasteiger charge is -2.08. The van der Waals surface area contributed by atoms with Crippen LogP contribution in [0.2, 0.25) is 5.02 Å². The molecular weight excluding hydrogens is 276 g/mol. The number of nitrogens with zero attached hydrogens (tertiary/aromatic N) is 1. The predicted octanol–water partition coefficient (Wildman–Crippen LogP) is 3.89. The molecule has 0 aromatic heterocycles. The van der Waals surface area contributed by atoms with E-state index in [2.05, 4.69) is 10.5 Å². The summed E-state index contributed by atoms with van der Waals surface area (Å²) in [4.78, 5) is 0. The molecule has 0 spiro atoms. The van der Waals surface area contributed by atoms with Gasteiger partial charge in [0.15, 0.2) is 11.5 Å². The highest BCUT2D eigenvalue weighted by Gasteiger charge is 2.08. The number of phenolic OH excluding ortho intramolecular Hbond substituents is 1. The van der Waals surface area contributed by atoms with Crippen LogP contribution < -0.4 is 10.2 Å². The molecule has 0 aliphatic rings. The summed E-state index contributed by atoms with van der Waals surface area (Å²) in [6.07, 6.45) is 1.61. The summed E-state index contributed by atoms with van der Waals surface area (Å²) < 4.78 is 5.31. The van der Waals surface area contributed by atoms with Crippen molar-refractivity contribution in [2.24, 2.45) is 5.10 Å². The Morgan fingerprint density at radius 1 is 1.30 bits per heavy atom. The Morgan fingerprint density at radius 3 is 2.75 bits per heavy atom. The molecule has 0 saturated heterocycles. The van der Waals surface area contributed by atoms with Crippen LogP contribution >= 0.6 is 11.6 Å². The van der Waals surface area contributed by atoms with Gasteiger partial charge in [-0.25, -0.2) is 0 Å². The Morgan fingerprint density at radius 2 is 2.05 bits per heavy atom. The quantitative estimate of drug-likeness (QED) is 0.649. The number of halogens is 1. The van der Waals surface area contributed by atoms with E-state index in [-0.39, 0.29) is 10.8 Å². The van der Waals surface area contributed by atoms with Crippen LogP contribution in [0.1, 0.15) is 12.5 Å². The summed E-state index contributed by atoms with van der Waals surface area (Å²) >= 11 is 5.94. The van der Waals surface area contributed by atoms with Crippen LogP contribution in [0.25, 0.3) is 0 Å². The van der Waals surface area contributed by atoms with Gasteiger partial charge in [0, 0.05) is 0 Å². The molecule has 0 radical (unpaired) electrons. The van der Waals surface area contributed by atoms with Crippen molar-refractivity contribution in [3.05, 3.63) is 53.1 Å². The lowest BCUT2D eigenvalue weighted by molar-refractivity contribution is 0.318. The molecule has 4 nitrogen and oxygen atoms in total. The molecule has 104 valence electrons. The Balaban J connectivity index is 2.13. The Hall–Kier alpha value is -2.20. The van der Waals surface area contributed by atoms with Gasteiger partial charge >= 0.3 is 0 Å². The van der Waals surface area contributed by atoms with Gasteiger partial charge in [-0.15, -0.1) is 0 Å². The first-order valence-corrected chi connectivity index (χ1v) is 6.58. The summed E-state index contributed by atoms with van der Waals surface area (Å²) in [5.74, 6) is 0.294. The van der Waals surface area contributed by atoms with Crippen LogP contribution in [0.3, 0.4) is 0 Å². The maximum Gasteiger partial charge on any atom is 0.176 e. The minimum Gasteiger partial charge on any atom is -0.503 e. The van der Waals surface area contributed by atoms with Crippen molar-refractivity contribution < 1.29 is 9.84 Å². The number of rotatable bonds is 5. The van der Waals surface area contributed by atoms with Crippen molar-refractivity contribution in [3.8, 4) is 11.5 Å². The fraction of sp³-hybridized carbons (Fsp3) is 0.133. The molecule has 0 fully saturated rings. The number of benzene rings is 2. The zero-order valence-electron chi connectivity index (χ0n) is 11.0. The lowest BCUT2D eigenvalue weighted by atomic mass is 10.2. The summed E-state index contributed by atoms with van der Waals surface area (Å²) in [5, 5.41) is 14.1. The van der Waals surface area contributed by atoms with Gasteiger partial charge in [-0.2, -0.15) is 5.10 Å². The summed E-state index contributed by atoms with van der Waals surface area (Å²) in [7, 11) is 0. The molecule has 0 unspecified atom stereocenters. The lowest BCUT2D eigenvalue weighted by Crippen LogP contribution is -1.95. The normalized spacial score (nSPS) is 10.7. The second-order valence-electron chi connectivity index (χ2n) is 4.02. The molecule has 2 aromatic rings. The van der Waals surface area contributed by atoms with Crippen LogP contribution in [0.15, 0.2) is 47.6 Å². The summed E-state index contributed by atoms with van der Waals surface area (Å²) in [6.45, 7) is 2.29. The second kappa shape index (κ2) is 6.82. The van der Waals surface area contributed by atoms with E-state index < -0.39 is 0 Å². The number of hydrogen-bond acceptors (Lipinski definition) is 4. The first-order valence-electron chi connectivity index (χ1n) is 6.20. The van der Waals surface area contributed by atoms with Gasteiger partial charge in [0.2, 0.25) is 0 Å². The van der Waals surface area contributed by atoms with Gasteiger partial charge in [-0.3, -0.25) is 5.43 Å². The zero-order valence-corrected chi connectivity index (χ0v) is 11.8. The Labute approximate surface area is 122 Å². The minimum atomic E-state index is -0.0540. The molecule has 5 heteroatoms. The maximum absolute atomic E-state index is 9.74. The third-order valence-corrected chi connectivity index (χ3v) is 2.82. The van der Waals surface area contributed by atoms with Crippen LogP contribution in [-0.2, 0) is 0 Å². The third-order valence-electron chi connectivity index (χ3n) is 2.53. The van der Waals surface area contributed by atoms with Gasteiger partial charge < -0.3 is 9.84 Å². The number of nitrogens with one attached hydrogen (secondary N) is 1. The molecule has 0 heterocycles. The topological polar surface area (TPSA) is 53.8 Å². The molecule has 2 rings (SSSR count). The van der Waals surface area contributed by atoms with Crippen LogP contribution in [-0.4, -0.2) is 17.9 Å². The smallest absolute Gasteiger partial charge is 0.176 e. The molecule has 0 amide bonds. The maximum atomic E-state index is 9.74.